The number of anilines is 1. The van der Waals surface area contributed by atoms with Crippen LogP contribution in [0.2, 0.25) is 0 Å². The van der Waals surface area contributed by atoms with Gasteiger partial charge in [0.2, 0.25) is 0 Å². The first-order valence-corrected chi connectivity index (χ1v) is 9.17. The van der Waals surface area contributed by atoms with E-state index in [2.05, 4.69) is 58.3 Å². The number of nitrogens with one attached hydrogen (secondary N) is 1. The number of halogens is 1. The zero-order chi connectivity index (χ0) is 14.8. The highest BCUT2D eigenvalue weighted by Crippen LogP contribution is 2.32. The SMILES string of the molecule is CC1CCCC(N(C)c2ccc(Br)cc2CNC2CC2)C1. The van der Waals surface area contributed by atoms with E-state index in [0.717, 1.165) is 18.5 Å². The summed E-state index contributed by atoms with van der Waals surface area (Å²) < 4.78 is 1.18. The van der Waals surface area contributed by atoms with Crippen molar-refractivity contribution in [3.05, 3.63) is 28.2 Å². The number of hydrogen-bond acceptors (Lipinski definition) is 2. The average molecular weight is 351 g/mol. The van der Waals surface area contributed by atoms with Crippen LogP contribution in [0.5, 0.6) is 0 Å². The molecule has 2 nitrogen and oxygen atoms in total. The van der Waals surface area contributed by atoms with Crippen LogP contribution in [0.1, 0.15) is 51.0 Å². The molecule has 1 aromatic carbocycles. The topological polar surface area (TPSA) is 15.3 Å². The van der Waals surface area contributed by atoms with Crippen molar-refractivity contribution in [2.24, 2.45) is 5.92 Å². The average Bonchev–Trinajstić information content (AvgIpc) is 3.29. The minimum absolute atomic E-state index is 0.703. The Kier molecular flexibility index (Phi) is 4.90. The summed E-state index contributed by atoms with van der Waals surface area (Å²) in [5.74, 6) is 0.870. The Morgan fingerprint density at radius 1 is 1.24 bits per heavy atom. The third-order valence-electron chi connectivity index (χ3n) is 5.04. The third-order valence-corrected chi connectivity index (χ3v) is 5.53. The van der Waals surface area contributed by atoms with Gasteiger partial charge in [0.1, 0.15) is 0 Å². The van der Waals surface area contributed by atoms with Crippen molar-refractivity contribution in [1.29, 1.82) is 0 Å². The molecule has 0 heterocycles. The molecule has 3 heteroatoms. The van der Waals surface area contributed by atoms with E-state index in [-0.39, 0.29) is 0 Å². The maximum atomic E-state index is 3.66. The van der Waals surface area contributed by atoms with E-state index in [9.17, 15) is 0 Å². The van der Waals surface area contributed by atoms with E-state index in [4.69, 9.17) is 0 Å². The van der Waals surface area contributed by atoms with Gasteiger partial charge in [0.15, 0.2) is 0 Å². The number of nitrogens with zero attached hydrogens (tertiary/aromatic N) is 1. The van der Waals surface area contributed by atoms with Gasteiger partial charge in [-0.15, -0.1) is 0 Å². The van der Waals surface area contributed by atoms with E-state index < -0.39 is 0 Å². The van der Waals surface area contributed by atoms with Crippen LogP contribution in [0.25, 0.3) is 0 Å². The maximum absolute atomic E-state index is 3.66. The van der Waals surface area contributed by atoms with E-state index in [1.165, 1.54) is 54.2 Å². The lowest BCUT2D eigenvalue weighted by atomic mass is 9.86. The lowest BCUT2D eigenvalue weighted by molar-refractivity contribution is 0.336. The van der Waals surface area contributed by atoms with Gasteiger partial charge in [0.05, 0.1) is 0 Å². The Balaban J connectivity index is 1.75. The molecule has 21 heavy (non-hydrogen) atoms. The molecule has 1 aromatic rings. The zero-order valence-corrected chi connectivity index (χ0v) is 14.8. The van der Waals surface area contributed by atoms with Gasteiger partial charge >= 0.3 is 0 Å². The molecule has 3 rings (SSSR count). The minimum atomic E-state index is 0.703. The van der Waals surface area contributed by atoms with Gasteiger partial charge < -0.3 is 10.2 Å². The molecule has 0 bridgehead atoms. The smallest absolute Gasteiger partial charge is 0.0412 e. The predicted molar refractivity (Wildman–Crippen MR) is 93.8 cm³/mol. The van der Waals surface area contributed by atoms with Crippen LogP contribution < -0.4 is 10.2 Å². The summed E-state index contributed by atoms with van der Waals surface area (Å²) in [6, 6.07) is 8.21. The second-order valence-corrected chi connectivity index (χ2v) is 7.88. The molecule has 0 spiro atoms. The molecule has 2 fully saturated rings. The molecule has 2 atom stereocenters. The minimum Gasteiger partial charge on any atom is -0.371 e. The first kappa shape index (κ1) is 15.4. The molecule has 1 N–H and O–H groups in total. The molecule has 0 saturated heterocycles. The molecule has 2 aliphatic carbocycles. The van der Waals surface area contributed by atoms with Crippen LogP contribution in [0, 0.1) is 5.92 Å². The third kappa shape index (κ3) is 4.01. The van der Waals surface area contributed by atoms with Gasteiger partial charge in [-0.3, -0.25) is 0 Å². The summed E-state index contributed by atoms with van der Waals surface area (Å²) in [4.78, 5) is 2.53. The summed E-state index contributed by atoms with van der Waals surface area (Å²) in [7, 11) is 2.28. The number of rotatable bonds is 5. The molecule has 0 amide bonds. The van der Waals surface area contributed by atoms with E-state index in [1.807, 2.05) is 0 Å². The van der Waals surface area contributed by atoms with E-state index >= 15 is 0 Å². The second-order valence-electron chi connectivity index (χ2n) is 6.96. The Morgan fingerprint density at radius 2 is 2.05 bits per heavy atom. The van der Waals surface area contributed by atoms with E-state index in [1.54, 1.807) is 0 Å². The Hall–Kier alpha value is -0.540. The maximum Gasteiger partial charge on any atom is 0.0412 e. The van der Waals surface area contributed by atoms with Crippen molar-refractivity contribution < 1.29 is 0 Å². The molecule has 0 radical (unpaired) electrons. The van der Waals surface area contributed by atoms with Gasteiger partial charge in [-0.25, -0.2) is 0 Å². The fourth-order valence-electron chi connectivity index (χ4n) is 3.53. The lowest BCUT2D eigenvalue weighted by Gasteiger charge is -2.36. The Morgan fingerprint density at radius 3 is 2.76 bits per heavy atom. The van der Waals surface area contributed by atoms with Gasteiger partial charge in [0, 0.05) is 35.8 Å². The van der Waals surface area contributed by atoms with Gasteiger partial charge in [0.25, 0.3) is 0 Å². The van der Waals surface area contributed by atoms with Crippen molar-refractivity contribution in [2.45, 2.75) is 64.1 Å². The first-order chi connectivity index (χ1) is 10.1. The monoisotopic (exact) mass is 350 g/mol. The van der Waals surface area contributed by atoms with Crippen molar-refractivity contribution in [3.8, 4) is 0 Å². The fraction of sp³-hybridized carbons (Fsp3) is 0.667. The molecule has 2 saturated carbocycles. The van der Waals surface area contributed by atoms with Crippen molar-refractivity contribution >= 4 is 21.6 Å². The standard InChI is InChI=1S/C18H27BrN2/c1-13-4-3-5-17(10-13)21(2)18-9-6-15(19)11-14(18)12-20-16-7-8-16/h6,9,11,13,16-17,20H,3-5,7-8,10,12H2,1-2H3. The molecule has 2 aliphatic rings. The van der Waals surface area contributed by atoms with Crippen molar-refractivity contribution in [2.75, 3.05) is 11.9 Å². The summed E-state index contributed by atoms with van der Waals surface area (Å²) in [5, 5.41) is 3.66. The van der Waals surface area contributed by atoms with Crippen LogP contribution in [-0.4, -0.2) is 19.1 Å². The van der Waals surface area contributed by atoms with E-state index in [0.29, 0.717) is 6.04 Å². The van der Waals surface area contributed by atoms with Crippen molar-refractivity contribution in [3.63, 3.8) is 0 Å². The highest BCUT2D eigenvalue weighted by Gasteiger charge is 2.25. The highest BCUT2D eigenvalue weighted by atomic mass is 79.9. The Bertz CT molecular complexity index is 484. The Labute approximate surface area is 137 Å². The number of benzene rings is 1. The molecule has 116 valence electrons. The molecule has 2 unspecified atom stereocenters. The van der Waals surface area contributed by atoms with Gasteiger partial charge in [-0.05, 0) is 55.4 Å². The fourth-order valence-corrected chi connectivity index (χ4v) is 3.94. The van der Waals surface area contributed by atoms with Gasteiger partial charge in [-0.2, -0.15) is 0 Å². The summed E-state index contributed by atoms with van der Waals surface area (Å²) in [5.41, 5.74) is 2.84. The lowest BCUT2D eigenvalue weighted by Crippen LogP contribution is -2.36. The quantitative estimate of drug-likeness (QED) is 0.826. The second kappa shape index (κ2) is 6.70. The summed E-state index contributed by atoms with van der Waals surface area (Å²) in [6.07, 6.45) is 8.15. The van der Waals surface area contributed by atoms with Crippen LogP contribution in [0.4, 0.5) is 5.69 Å². The highest BCUT2D eigenvalue weighted by molar-refractivity contribution is 9.10. The molecular formula is C18H27BrN2. The zero-order valence-electron chi connectivity index (χ0n) is 13.2. The summed E-state index contributed by atoms with van der Waals surface area (Å²) in [6.45, 7) is 3.39. The first-order valence-electron chi connectivity index (χ1n) is 8.38. The molecule has 0 aliphatic heterocycles. The van der Waals surface area contributed by atoms with Crippen LogP contribution in [0.15, 0.2) is 22.7 Å². The van der Waals surface area contributed by atoms with Crippen LogP contribution in [0.3, 0.4) is 0 Å². The number of hydrogen-bond donors (Lipinski definition) is 1. The largest absolute Gasteiger partial charge is 0.371 e. The molecular weight excluding hydrogens is 324 g/mol. The normalized spacial score (nSPS) is 25.9. The predicted octanol–water partition coefficient (Wildman–Crippen LogP) is 4.72. The van der Waals surface area contributed by atoms with Gasteiger partial charge in [-0.1, -0.05) is 35.7 Å². The van der Waals surface area contributed by atoms with Crippen LogP contribution in [-0.2, 0) is 6.54 Å². The van der Waals surface area contributed by atoms with Crippen LogP contribution >= 0.6 is 15.9 Å². The summed E-state index contributed by atoms with van der Waals surface area (Å²) >= 11 is 3.63. The van der Waals surface area contributed by atoms with Crippen molar-refractivity contribution in [1.82, 2.24) is 5.32 Å². The molecule has 0 aromatic heterocycles.